The Kier molecular flexibility index (Phi) is 10.8. The van der Waals surface area contributed by atoms with Crippen LogP contribution in [0.3, 0.4) is 0 Å². The summed E-state index contributed by atoms with van der Waals surface area (Å²) in [7, 11) is 0. The van der Waals surface area contributed by atoms with Gasteiger partial charge in [-0.25, -0.2) is 9.59 Å². The van der Waals surface area contributed by atoms with Crippen LogP contribution in [0.1, 0.15) is 38.3 Å². The highest BCUT2D eigenvalue weighted by Gasteiger charge is 2.31. The minimum Gasteiger partial charge on any atom is -0.460 e. The third-order valence-corrected chi connectivity index (χ3v) is 4.92. The maximum absolute atomic E-state index is 13.1. The molecule has 2 atom stereocenters. The summed E-state index contributed by atoms with van der Waals surface area (Å²) < 4.78 is 10.1. The van der Waals surface area contributed by atoms with E-state index in [0.29, 0.717) is 6.42 Å². The van der Waals surface area contributed by atoms with Crippen LogP contribution in [0.5, 0.6) is 0 Å². The van der Waals surface area contributed by atoms with E-state index in [1.165, 1.54) is 0 Å². The van der Waals surface area contributed by atoms with Gasteiger partial charge in [-0.2, -0.15) is 0 Å². The number of amides is 2. The largest absolute Gasteiger partial charge is 0.460 e. The molecule has 0 aliphatic carbocycles. The normalized spacial score (nSPS) is 12.4. The quantitative estimate of drug-likeness (QED) is 0.366. The standard InChI is InChI=1S/C26H32N2O6/c1-4-33-25(31)23(29)21(16-19-11-7-5-8-12-19)27-24(30)22(15-18(2)3)28-26(32)34-17-20-13-9-6-10-14-20/h5-14,18,21-22H,4,15-17H2,1-3H3,(H,27,30)(H,28,32)/t21-,22-/m0/s1. The van der Waals surface area contributed by atoms with Crippen LogP contribution in [0.4, 0.5) is 4.79 Å². The van der Waals surface area contributed by atoms with E-state index in [0.717, 1.165) is 11.1 Å². The van der Waals surface area contributed by atoms with E-state index in [1.807, 2.05) is 50.2 Å². The van der Waals surface area contributed by atoms with Gasteiger partial charge in [0.2, 0.25) is 5.91 Å². The fourth-order valence-electron chi connectivity index (χ4n) is 3.29. The molecule has 34 heavy (non-hydrogen) atoms. The third-order valence-electron chi connectivity index (χ3n) is 4.92. The number of carbonyl (C=O) groups excluding carboxylic acids is 4. The van der Waals surface area contributed by atoms with Crippen molar-refractivity contribution >= 4 is 23.8 Å². The molecule has 2 rings (SSSR count). The fraction of sp³-hybridized carbons (Fsp3) is 0.385. The topological polar surface area (TPSA) is 111 Å². The molecule has 0 spiro atoms. The zero-order chi connectivity index (χ0) is 24.9. The molecule has 0 unspecified atom stereocenters. The molecule has 0 aliphatic rings. The van der Waals surface area contributed by atoms with E-state index in [2.05, 4.69) is 10.6 Å². The van der Waals surface area contributed by atoms with Gasteiger partial charge in [0.1, 0.15) is 18.7 Å². The van der Waals surface area contributed by atoms with E-state index in [-0.39, 0.29) is 25.6 Å². The average molecular weight is 469 g/mol. The number of rotatable bonds is 12. The molecule has 2 aromatic carbocycles. The van der Waals surface area contributed by atoms with Crippen LogP contribution < -0.4 is 10.6 Å². The van der Waals surface area contributed by atoms with E-state index in [1.54, 1.807) is 31.2 Å². The Morgan fingerprint density at radius 2 is 1.38 bits per heavy atom. The van der Waals surface area contributed by atoms with Crippen molar-refractivity contribution in [2.24, 2.45) is 5.92 Å². The number of ether oxygens (including phenoxy) is 2. The Bertz CT molecular complexity index is 946. The molecular formula is C26H32N2O6. The zero-order valence-electron chi connectivity index (χ0n) is 19.8. The second kappa shape index (κ2) is 13.8. The molecule has 182 valence electrons. The molecule has 0 saturated heterocycles. The molecule has 2 aromatic rings. The average Bonchev–Trinajstić information content (AvgIpc) is 2.82. The summed E-state index contributed by atoms with van der Waals surface area (Å²) in [5.41, 5.74) is 1.58. The second-order valence-corrected chi connectivity index (χ2v) is 8.22. The van der Waals surface area contributed by atoms with Gasteiger partial charge < -0.3 is 20.1 Å². The molecule has 2 amide bonds. The Morgan fingerprint density at radius 3 is 1.94 bits per heavy atom. The minimum atomic E-state index is -1.13. The first-order valence-electron chi connectivity index (χ1n) is 11.3. The van der Waals surface area contributed by atoms with Gasteiger partial charge in [0, 0.05) is 6.42 Å². The number of benzene rings is 2. The summed E-state index contributed by atoms with van der Waals surface area (Å²) in [5.74, 6) is -2.38. The maximum Gasteiger partial charge on any atom is 0.408 e. The molecule has 0 aromatic heterocycles. The smallest absolute Gasteiger partial charge is 0.408 e. The summed E-state index contributed by atoms with van der Waals surface area (Å²) in [5, 5.41) is 5.21. The highest BCUT2D eigenvalue weighted by molar-refractivity contribution is 6.36. The number of hydrogen-bond donors (Lipinski definition) is 2. The monoisotopic (exact) mass is 468 g/mol. The molecule has 0 bridgehead atoms. The molecular weight excluding hydrogens is 436 g/mol. The maximum atomic E-state index is 13.1. The first-order chi connectivity index (χ1) is 16.3. The summed E-state index contributed by atoms with van der Waals surface area (Å²) in [6, 6.07) is 16.1. The predicted octanol–water partition coefficient (Wildman–Crippen LogP) is 3.19. The summed E-state index contributed by atoms with van der Waals surface area (Å²) in [6.45, 7) is 5.51. The van der Waals surface area contributed by atoms with Crippen LogP contribution in [0.2, 0.25) is 0 Å². The highest BCUT2D eigenvalue weighted by Crippen LogP contribution is 2.10. The van der Waals surface area contributed by atoms with Gasteiger partial charge in [0.25, 0.3) is 5.78 Å². The lowest BCUT2D eigenvalue weighted by Gasteiger charge is -2.23. The summed E-state index contributed by atoms with van der Waals surface area (Å²) >= 11 is 0. The lowest BCUT2D eigenvalue weighted by Crippen LogP contribution is -2.54. The summed E-state index contributed by atoms with van der Waals surface area (Å²) in [4.78, 5) is 50.2. The van der Waals surface area contributed by atoms with Crippen LogP contribution in [-0.2, 0) is 36.9 Å². The van der Waals surface area contributed by atoms with Crippen LogP contribution in [-0.4, -0.2) is 42.4 Å². The van der Waals surface area contributed by atoms with Gasteiger partial charge >= 0.3 is 12.1 Å². The molecule has 2 N–H and O–H groups in total. The number of ketones is 1. The van der Waals surface area contributed by atoms with Gasteiger partial charge in [0.05, 0.1) is 6.61 Å². The Hall–Kier alpha value is -3.68. The Labute approximate surface area is 200 Å². The molecule has 0 radical (unpaired) electrons. The van der Waals surface area contributed by atoms with E-state index in [4.69, 9.17) is 9.47 Å². The Balaban J connectivity index is 2.10. The van der Waals surface area contributed by atoms with Gasteiger partial charge in [0.15, 0.2) is 0 Å². The van der Waals surface area contributed by atoms with Crippen LogP contribution in [0, 0.1) is 5.92 Å². The van der Waals surface area contributed by atoms with Crippen LogP contribution in [0.25, 0.3) is 0 Å². The Morgan fingerprint density at radius 1 is 0.794 bits per heavy atom. The number of alkyl carbamates (subject to hydrolysis) is 1. The lowest BCUT2D eigenvalue weighted by atomic mass is 9.99. The van der Waals surface area contributed by atoms with Crippen molar-refractivity contribution in [3.63, 3.8) is 0 Å². The first-order valence-corrected chi connectivity index (χ1v) is 11.3. The molecule has 0 saturated carbocycles. The fourth-order valence-corrected chi connectivity index (χ4v) is 3.29. The minimum absolute atomic E-state index is 0.0430. The SMILES string of the molecule is CCOC(=O)C(=O)[C@H](Cc1ccccc1)NC(=O)[C@H](CC(C)C)NC(=O)OCc1ccccc1. The van der Waals surface area contributed by atoms with Gasteiger partial charge in [-0.05, 0) is 30.4 Å². The van der Waals surface area contributed by atoms with Crippen molar-refractivity contribution in [2.45, 2.75) is 52.3 Å². The summed E-state index contributed by atoms with van der Waals surface area (Å²) in [6.07, 6.45) is -0.323. The van der Waals surface area contributed by atoms with Gasteiger partial charge in [-0.1, -0.05) is 74.5 Å². The van der Waals surface area contributed by atoms with Gasteiger partial charge in [-0.3, -0.25) is 9.59 Å². The van der Waals surface area contributed by atoms with Crippen LogP contribution >= 0.6 is 0 Å². The van der Waals surface area contributed by atoms with Crippen molar-refractivity contribution in [1.82, 2.24) is 10.6 Å². The van der Waals surface area contributed by atoms with Crippen molar-refractivity contribution in [2.75, 3.05) is 6.61 Å². The first kappa shape index (κ1) is 26.6. The molecule has 0 aliphatic heterocycles. The third kappa shape index (κ3) is 9.05. The van der Waals surface area contributed by atoms with Crippen molar-refractivity contribution in [1.29, 1.82) is 0 Å². The number of hydrogen-bond acceptors (Lipinski definition) is 6. The number of Topliss-reactive ketones (excluding diaryl/α,β-unsaturated/α-hetero) is 1. The highest BCUT2D eigenvalue weighted by atomic mass is 16.5. The van der Waals surface area contributed by atoms with Gasteiger partial charge in [-0.15, -0.1) is 0 Å². The predicted molar refractivity (Wildman–Crippen MR) is 127 cm³/mol. The van der Waals surface area contributed by atoms with Crippen LogP contribution in [0.15, 0.2) is 60.7 Å². The molecule has 8 nitrogen and oxygen atoms in total. The zero-order valence-corrected chi connectivity index (χ0v) is 19.8. The lowest BCUT2D eigenvalue weighted by molar-refractivity contribution is -0.154. The van der Waals surface area contributed by atoms with Crippen molar-refractivity contribution < 1.29 is 28.7 Å². The van der Waals surface area contributed by atoms with E-state index < -0.39 is 35.8 Å². The number of carbonyl (C=O) groups is 4. The molecule has 0 fully saturated rings. The van der Waals surface area contributed by atoms with Crippen molar-refractivity contribution in [3.8, 4) is 0 Å². The number of nitrogens with one attached hydrogen (secondary N) is 2. The molecule has 8 heteroatoms. The number of esters is 1. The van der Waals surface area contributed by atoms with Crippen molar-refractivity contribution in [3.05, 3.63) is 71.8 Å². The second-order valence-electron chi connectivity index (χ2n) is 8.22. The molecule has 0 heterocycles. The van der Waals surface area contributed by atoms with E-state index in [9.17, 15) is 19.2 Å². The van der Waals surface area contributed by atoms with E-state index >= 15 is 0 Å².